The Labute approximate surface area is 226 Å². The average Bonchev–Trinajstić information content (AvgIpc) is 3.34. The summed E-state index contributed by atoms with van der Waals surface area (Å²) in [5.74, 6) is 0.440. The molecule has 11 heteroatoms. The topological polar surface area (TPSA) is 72.7 Å². The number of hydrogen-bond donors (Lipinski definition) is 2. The zero-order valence-electron chi connectivity index (χ0n) is 20.8. The summed E-state index contributed by atoms with van der Waals surface area (Å²) in [6.45, 7) is 1.96. The van der Waals surface area contributed by atoms with Crippen LogP contribution in [0.25, 0.3) is 27.5 Å². The second-order valence-electron chi connectivity index (χ2n) is 8.58. The zero-order chi connectivity index (χ0) is 27.6. The molecule has 0 aliphatic carbocycles. The van der Waals surface area contributed by atoms with E-state index >= 15 is 0 Å². The van der Waals surface area contributed by atoms with E-state index in [0.29, 0.717) is 10.8 Å². The fourth-order valence-corrected chi connectivity index (χ4v) is 4.26. The van der Waals surface area contributed by atoms with E-state index in [4.69, 9.17) is 17.0 Å². The number of alkyl halides is 3. The lowest BCUT2D eigenvalue weighted by Crippen LogP contribution is -2.24. The van der Waals surface area contributed by atoms with Crippen LogP contribution in [-0.4, -0.2) is 34.4 Å². The first kappa shape index (κ1) is 26.0. The Morgan fingerprint density at radius 3 is 2.51 bits per heavy atom. The zero-order valence-corrected chi connectivity index (χ0v) is 21.6. The van der Waals surface area contributed by atoms with Crippen LogP contribution in [0.3, 0.4) is 0 Å². The fraction of sp³-hybridized carbons (Fsp3) is 0.107. The standard InChI is InChI=1S/C28H22F3N5O2S/c1-17-3-8-22(37-2)14-24(17)34-27(39)35-33-15-18-4-11-23-19(13-18)5-12-25-26(23)32-16-36(25)20-6-9-21(10-7-20)38-28(29,30)31/h3-16H,1-2H3,(H2,34,35,39). The summed E-state index contributed by atoms with van der Waals surface area (Å²) in [7, 11) is 1.61. The monoisotopic (exact) mass is 549 g/mol. The Balaban J connectivity index is 1.31. The minimum Gasteiger partial charge on any atom is -0.497 e. The van der Waals surface area contributed by atoms with Gasteiger partial charge in [-0.15, -0.1) is 13.2 Å². The SMILES string of the molecule is COc1ccc(C)c(NC(=S)NN=Cc2ccc3c(ccc4c3ncn4-c3ccc(OC(F)(F)F)cc3)c2)c1. The molecule has 0 spiro atoms. The molecular weight excluding hydrogens is 527 g/mol. The normalized spacial score (nSPS) is 11.7. The number of ether oxygens (including phenoxy) is 2. The van der Waals surface area contributed by atoms with Crippen LogP contribution < -0.4 is 20.2 Å². The summed E-state index contributed by atoms with van der Waals surface area (Å²) in [6, 6.07) is 21.0. The van der Waals surface area contributed by atoms with Gasteiger partial charge >= 0.3 is 6.36 Å². The van der Waals surface area contributed by atoms with Crippen LogP contribution in [-0.2, 0) is 0 Å². The first-order chi connectivity index (χ1) is 18.7. The van der Waals surface area contributed by atoms with E-state index in [9.17, 15) is 13.2 Å². The van der Waals surface area contributed by atoms with Crippen molar-refractivity contribution in [3.8, 4) is 17.2 Å². The number of hydrogen-bond acceptors (Lipinski definition) is 5. The predicted molar refractivity (Wildman–Crippen MR) is 150 cm³/mol. The van der Waals surface area contributed by atoms with Gasteiger partial charge in [0.2, 0.25) is 0 Å². The van der Waals surface area contributed by atoms with Crippen molar-refractivity contribution < 1.29 is 22.6 Å². The van der Waals surface area contributed by atoms with Gasteiger partial charge < -0.3 is 14.8 Å². The predicted octanol–water partition coefficient (Wildman–Crippen LogP) is 6.71. The van der Waals surface area contributed by atoms with Crippen LogP contribution in [0, 0.1) is 6.92 Å². The number of imidazole rings is 1. The van der Waals surface area contributed by atoms with Crippen molar-refractivity contribution in [1.29, 1.82) is 0 Å². The van der Waals surface area contributed by atoms with Gasteiger partial charge in [-0.1, -0.05) is 24.3 Å². The first-order valence-electron chi connectivity index (χ1n) is 11.7. The molecule has 4 aromatic carbocycles. The molecule has 0 bridgehead atoms. The van der Waals surface area contributed by atoms with Gasteiger partial charge in [0.15, 0.2) is 5.11 Å². The molecule has 2 N–H and O–H groups in total. The number of nitrogens with zero attached hydrogens (tertiary/aromatic N) is 3. The Kier molecular flexibility index (Phi) is 7.07. The Hall–Kier alpha value is -4.64. The smallest absolute Gasteiger partial charge is 0.497 e. The number of methoxy groups -OCH3 is 1. The summed E-state index contributed by atoms with van der Waals surface area (Å²) in [5, 5.41) is 9.58. The first-order valence-corrected chi connectivity index (χ1v) is 12.1. The van der Waals surface area contributed by atoms with E-state index in [0.717, 1.165) is 44.4 Å². The molecule has 5 aromatic rings. The molecule has 1 aromatic heterocycles. The van der Waals surface area contributed by atoms with Crippen molar-refractivity contribution in [2.45, 2.75) is 13.3 Å². The molecule has 1 heterocycles. The molecule has 0 amide bonds. The highest BCUT2D eigenvalue weighted by Crippen LogP contribution is 2.29. The minimum atomic E-state index is -4.74. The van der Waals surface area contributed by atoms with E-state index in [1.807, 2.05) is 60.0 Å². The molecule has 198 valence electrons. The number of aryl methyl sites for hydroxylation is 1. The second kappa shape index (κ2) is 10.6. The molecule has 0 aliphatic rings. The van der Waals surface area contributed by atoms with E-state index in [1.165, 1.54) is 12.1 Å². The molecule has 39 heavy (non-hydrogen) atoms. The number of halogens is 3. The van der Waals surface area contributed by atoms with Gasteiger partial charge in [0, 0.05) is 22.8 Å². The molecule has 0 fully saturated rings. The third kappa shape index (κ3) is 5.93. The van der Waals surface area contributed by atoms with Crippen molar-refractivity contribution >= 4 is 51.0 Å². The van der Waals surface area contributed by atoms with Crippen LogP contribution in [0.4, 0.5) is 18.9 Å². The number of nitrogens with one attached hydrogen (secondary N) is 2. The highest BCUT2D eigenvalue weighted by Gasteiger charge is 2.31. The number of benzene rings is 4. The maximum atomic E-state index is 12.5. The number of fused-ring (bicyclic) bond motifs is 3. The molecule has 0 aliphatic heterocycles. The Morgan fingerprint density at radius 1 is 1.00 bits per heavy atom. The maximum Gasteiger partial charge on any atom is 0.573 e. The molecule has 0 saturated heterocycles. The van der Waals surface area contributed by atoms with Crippen molar-refractivity contribution in [2.24, 2.45) is 5.10 Å². The number of aromatic nitrogens is 2. The van der Waals surface area contributed by atoms with E-state index in [1.54, 1.807) is 31.8 Å². The highest BCUT2D eigenvalue weighted by atomic mass is 32.1. The lowest BCUT2D eigenvalue weighted by Gasteiger charge is -2.11. The van der Waals surface area contributed by atoms with Crippen LogP contribution in [0.15, 0.2) is 84.2 Å². The van der Waals surface area contributed by atoms with Crippen LogP contribution in [0.5, 0.6) is 11.5 Å². The second-order valence-corrected chi connectivity index (χ2v) is 8.98. The number of rotatable bonds is 6. The van der Waals surface area contributed by atoms with Crippen LogP contribution in [0.1, 0.15) is 11.1 Å². The van der Waals surface area contributed by atoms with Gasteiger partial charge in [0.25, 0.3) is 0 Å². The molecule has 7 nitrogen and oxygen atoms in total. The van der Waals surface area contributed by atoms with Gasteiger partial charge in [-0.3, -0.25) is 9.99 Å². The molecule has 0 atom stereocenters. The lowest BCUT2D eigenvalue weighted by molar-refractivity contribution is -0.274. The summed E-state index contributed by atoms with van der Waals surface area (Å²) in [4.78, 5) is 4.55. The van der Waals surface area contributed by atoms with Crippen molar-refractivity contribution in [3.05, 3.63) is 90.3 Å². The molecule has 0 radical (unpaired) electrons. The van der Waals surface area contributed by atoms with Crippen molar-refractivity contribution in [1.82, 2.24) is 15.0 Å². The van der Waals surface area contributed by atoms with Crippen LogP contribution in [0.2, 0.25) is 0 Å². The largest absolute Gasteiger partial charge is 0.573 e. The molecule has 5 rings (SSSR count). The van der Waals surface area contributed by atoms with Crippen LogP contribution >= 0.6 is 12.2 Å². The van der Waals surface area contributed by atoms with E-state index in [-0.39, 0.29) is 5.75 Å². The Morgan fingerprint density at radius 2 is 1.77 bits per heavy atom. The number of thiocarbonyl (C=S) groups is 1. The van der Waals surface area contributed by atoms with Gasteiger partial charge in [-0.05, 0) is 78.1 Å². The maximum absolute atomic E-state index is 12.5. The summed E-state index contributed by atoms with van der Waals surface area (Å²) < 4.78 is 48.4. The van der Waals surface area contributed by atoms with Crippen molar-refractivity contribution in [3.63, 3.8) is 0 Å². The minimum absolute atomic E-state index is 0.281. The molecular formula is C28H22F3N5O2S. The quantitative estimate of drug-likeness (QED) is 0.139. The van der Waals surface area contributed by atoms with E-state index < -0.39 is 6.36 Å². The molecule has 0 unspecified atom stereocenters. The fourth-order valence-electron chi connectivity index (χ4n) is 4.10. The van der Waals surface area contributed by atoms with Gasteiger partial charge in [0.05, 0.1) is 24.4 Å². The highest BCUT2D eigenvalue weighted by molar-refractivity contribution is 7.80. The molecule has 0 saturated carbocycles. The lowest BCUT2D eigenvalue weighted by atomic mass is 10.1. The Bertz CT molecular complexity index is 1700. The third-order valence-electron chi connectivity index (χ3n) is 5.98. The summed E-state index contributed by atoms with van der Waals surface area (Å²) >= 11 is 5.35. The summed E-state index contributed by atoms with van der Waals surface area (Å²) in [6.07, 6.45) is -1.43. The van der Waals surface area contributed by atoms with Gasteiger partial charge in [0.1, 0.15) is 17.8 Å². The number of anilines is 1. The average molecular weight is 550 g/mol. The summed E-state index contributed by atoms with van der Waals surface area (Å²) in [5.41, 5.74) is 7.76. The van der Waals surface area contributed by atoms with Crippen molar-refractivity contribution in [2.75, 3.05) is 12.4 Å². The van der Waals surface area contributed by atoms with Gasteiger partial charge in [-0.25, -0.2) is 4.98 Å². The van der Waals surface area contributed by atoms with Gasteiger partial charge in [-0.2, -0.15) is 5.10 Å². The van der Waals surface area contributed by atoms with E-state index in [2.05, 4.69) is 25.6 Å². The number of hydrazone groups is 1. The third-order valence-corrected chi connectivity index (χ3v) is 6.17.